The van der Waals surface area contributed by atoms with Crippen molar-refractivity contribution < 1.29 is 0 Å². The molecule has 4 rings (SSSR count). The van der Waals surface area contributed by atoms with Crippen molar-refractivity contribution in [1.29, 1.82) is 0 Å². The lowest BCUT2D eigenvalue weighted by Crippen LogP contribution is -2.14. The van der Waals surface area contributed by atoms with E-state index in [1.165, 1.54) is 41.5 Å². The SMILES string of the molecule is Cc1ccccc1C(c1cccc2c1CCC2)n1ccnc1. The van der Waals surface area contributed by atoms with Crippen LogP contribution in [-0.4, -0.2) is 9.55 Å². The first-order valence-corrected chi connectivity index (χ1v) is 7.98. The van der Waals surface area contributed by atoms with Crippen molar-refractivity contribution >= 4 is 0 Å². The summed E-state index contributed by atoms with van der Waals surface area (Å²) in [6.45, 7) is 2.20. The molecule has 2 nitrogen and oxygen atoms in total. The second-order valence-electron chi connectivity index (χ2n) is 6.11. The van der Waals surface area contributed by atoms with Crippen LogP contribution >= 0.6 is 0 Å². The normalized spacial score (nSPS) is 14.8. The van der Waals surface area contributed by atoms with E-state index in [0.717, 1.165) is 0 Å². The van der Waals surface area contributed by atoms with Gasteiger partial charge in [0, 0.05) is 12.4 Å². The molecular weight excluding hydrogens is 268 g/mol. The van der Waals surface area contributed by atoms with E-state index in [0.29, 0.717) is 0 Å². The Balaban J connectivity index is 1.93. The molecule has 0 bridgehead atoms. The van der Waals surface area contributed by atoms with Crippen LogP contribution in [0.4, 0.5) is 0 Å². The summed E-state index contributed by atoms with van der Waals surface area (Å²) < 4.78 is 2.23. The summed E-state index contributed by atoms with van der Waals surface area (Å²) in [4.78, 5) is 4.28. The summed E-state index contributed by atoms with van der Waals surface area (Å²) in [6, 6.07) is 15.7. The topological polar surface area (TPSA) is 17.8 Å². The Bertz CT molecular complexity index is 787. The smallest absolute Gasteiger partial charge is 0.0954 e. The molecule has 110 valence electrons. The second kappa shape index (κ2) is 5.45. The van der Waals surface area contributed by atoms with Crippen molar-refractivity contribution in [3.05, 3.63) is 89.0 Å². The number of aryl methyl sites for hydroxylation is 2. The van der Waals surface area contributed by atoms with Gasteiger partial charge in [-0.25, -0.2) is 4.98 Å². The van der Waals surface area contributed by atoms with Crippen LogP contribution in [0.1, 0.15) is 40.3 Å². The zero-order valence-electron chi connectivity index (χ0n) is 12.9. The highest BCUT2D eigenvalue weighted by molar-refractivity contribution is 5.46. The van der Waals surface area contributed by atoms with Crippen LogP contribution in [0, 0.1) is 6.92 Å². The molecular formula is C20H20N2. The van der Waals surface area contributed by atoms with Gasteiger partial charge in [-0.3, -0.25) is 0 Å². The van der Waals surface area contributed by atoms with E-state index in [1.54, 1.807) is 5.56 Å². The Labute approximate surface area is 131 Å². The van der Waals surface area contributed by atoms with E-state index in [-0.39, 0.29) is 6.04 Å². The molecule has 1 aliphatic carbocycles. The number of hydrogen-bond acceptors (Lipinski definition) is 1. The fraction of sp³-hybridized carbons (Fsp3) is 0.250. The molecule has 22 heavy (non-hydrogen) atoms. The number of benzene rings is 2. The van der Waals surface area contributed by atoms with Gasteiger partial charge in [-0.1, -0.05) is 42.5 Å². The number of aromatic nitrogens is 2. The third-order valence-corrected chi connectivity index (χ3v) is 4.78. The third-order valence-electron chi connectivity index (χ3n) is 4.78. The van der Waals surface area contributed by atoms with Crippen LogP contribution in [0.25, 0.3) is 0 Å². The lowest BCUT2D eigenvalue weighted by molar-refractivity contribution is 0.666. The Kier molecular flexibility index (Phi) is 3.30. The lowest BCUT2D eigenvalue weighted by Gasteiger charge is -2.24. The van der Waals surface area contributed by atoms with Crippen molar-refractivity contribution in [2.75, 3.05) is 0 Å². The Morgan fingerprint density at radius 1 is 1.00 bits per heavy atom. The Hall–Kier alpha value is -2.35. The van der Waals surface area contributed by atoms with Crippen LogP contribution in [0.5, 0.6) is 0 Å². The number of nitrogens with zero attached hydrogens (tertiary/aromatic N) is 2. The molecule has 1 heterocycles. The maximum Gasteiger partial charge on any atom is 0.0954 e. The van der Waals surface area contributed by atoms with Gasteiger partial charge in [0.1, 0.15) is 0 Å². The number of hydrogen-bond donors (Lipinski definition) is 0. The highest BCUT2D eigenvalue weighted by Gasteiger charge is 2.23. The minimum absolute atomic E-state index is 0.219. The monoisotopic (exact) mass is 288 g/mol. The molecule has 1 atom stereocenters. The standard InChI is InChI=1S/C20H20N2/c1-15-6-2-3-9-17(15)20(22-13-12-21-14-22)19-11-5-8-16-7-4-10-18(16)19/h2-3,5-6,8-9,11-14,20H,4,7,10H2,1H3. The molecule has 3 aromatic rings. The maximum absolute atomic E-state index is 4.28. The molecule has 0 aliphatic heterocycles. The van der Waals surface area contributed by atoms with E-state index in [2.05, 4.69) is 65.1 Å². The Morgan fingerprint density at radius 2 is 1.86 bits per heavy atom. The highest BCUT2D eigenvalue weighted by atomic mass is 15.1. The van der Waals surface area contributed by atoms with Gasteiger partial charge in [-0.15, -0.1) is 0 Å². The minimum atomic E-state index is 0.219. The number of imidazole rings is 1. The average Bonchev–Trinajstić information content (AvgIpc) is 3.21. The fourth-order valence-electron chi connectivity index (χ4n) is 3.71. The highest BCUT2D eigenvalue weighted by Crippen LogP contribution is 2.35. The summed E-state index contributed by atoms with van der Waals surface area (Å²) in [5.74, 6) is 0. The van der Waals surface area contributed by atoms with Crippen molar-refractivity contribution in [3.63, 3.8) is 0 Å². The average molecular weight is 288 g/mol. The largest absolute Gasteiger partial charge is 0.326 e. The molecule has 0 radical (unpaired) electrons. The van der Waals surface area contributed by atoms with Crippen molar-refractivity contribution in [2.45, 2.75) is 32.2 Å². The quantitative estimate of drug-likeness (QED) is 0.702. The van der Waals surface area contributed by atoms with E-state index in [9.17, 15) is 0 Å². The van der Waals surface area contributed by atoms with Gasteiger partial charge in [-0.05, 0) is 54.0 Å². The van der Waals surface area contributed by atoms with Crippen LogP contribution in [0.2, 0.25) is 0 Å². The summed E-state index contributed by atoms with van der Waals surface area (Å²) in [7, 11) is 0. The number of fused-ring (bicyclic) bond motifs is 1. The zero-order valence-corrected chi connectivity index (χ0v) is 12.9. The molecule has 2 heteroatoms. The molecule has 1 aliphatic rings. The Morgan fingerprint density at radius 3 is 2.68 bits per heavy atom. The molecule has 1 unspecified atom stereocenters. The van der Waals surface area contributed by atoms with Crippen LogP contribution in [0.15, 0.2) is 61.2 Å². The molecule has 1 aromatic heterocycles. The van der Waals surface area contributed by atoms with Gasteiger partial charge in [-0.2, -0.15) is 0 Å². The number of rotatable bonds is 3. The van der Waals surface area contributed by atoms with E-state index in [1.807, 2.05) is 12.5 Å². The maximum atomic E-state index is 4.28. The molecule has 0 N–H and O–H groups in total. The summed E-state index contributed by atoms with van der Waals surface area (Å²) in [6.07, 6.45) is 9.57. The van der Waals surface area contributed by atoms with Gasteiger partial charge in [0.05, 0.1) is 12.4 Å². The van der Waals surface area contributed by atoms with Crippen LogP contribution in [-0.2, 0) is 12.8 Å². The third kappa shape index (κ3) is 2.16. The first-order valence-electron chi connectivity index (χ1n) is 7.98. The lowest BCUT2D eigenvalue weighted by atomic mass is 9.90. The van der Waals surface area contributed by atoms with Crippen LogP contribution in [0.3, 0.4) is 0 Å². The summed E-state index contributed by atoms with van der Waals surface area (Å²) >= 11 is 0. The molecule has 0 amide bonds. The van der Waals surface area contributed by atoms with Gasteiger partial charge in [0.25, 0.3) is 0 Å². The predicted molar refractivity (Wildman–Crippen MR) is 89.1 cm³/mol. The van der Waals surface area contributed by atoms with Gasteiger partial charge < -0.3 is 4.57 Å². The summed E-state index contributed by atoms with van der Waals surface area (Å²) in [5, 5.41) is 0. The van der Waals surface area contributed by atoms with Crippen molar-refractivity contribution in [1.82, 2.24) is 9.55 Å². The fourth-order valence-corrected chi connectivity index (χ4v) is 3.71. The summed E-state index contributed by atoms with van der Waals surface area (Å²) in [5.41, 5.74) is 7.19. The van der Waals surface area contributed by atoms with E-state index >= 15 is 0 Å². The zero-order chi connectivity index (χ0) is 14.9. The molecule has 0 saturated heterocycles. The van der Waals surface area contributed by atoms with E-state index in [4.69, 9.17) is 0 Å². The van der Waals surface area contributed by atoms with Crippen LogP contribution < -0.4 is 0 Å². The van der Waals surface area contributed by atoms with Gasteiger partial charge >= 0.3 is 0 Å². The first kappa shape index (κ1) is 13.3. The van der Waals surface area contributed by atoms with E-state index < -0.39 is 0 Å². The van der Waals surface area contributed by atoms with Gasteiger partial charge in [0.15, 0.2) is 0 Å². The molecule has 0 saturated carbocycles. The van der Waals surface area contributed by atoms with Gasteiger partial charge in [0.2, 0.25) is 0 Å². The minimum Gasteiger partial charge on any atom is -0.326 e. The van der Waals surface area contributed by atoms with Crippen molar-refractivity contribution in [2.24, 2.45) is 0 Å². The molecule has 2 aromatic carbocycles. The second-order valence-corrected chi connectivity index (χ2v) is 6.11. The predicted octanol–water partition coefficient (Wildman–Crippen LogP) is 4.32. The molecule has 0 spiro atoms. The van der Waals surface area contributed by atoms with Crippen molar-refractivity contribution in [3.8, 4) is 0 Å². The molecule has 0 fully saturated rings. The first-order chi connectivity index (χ1) is 10.8.